The molecule has 1 fully saturated rings. The van der Waals surface area contributed by atoms with E-state index in [0.29, 0.717) is 6.42 Å². The van der Waals surface area contributed by atoms with Gasteiger partial charge in [0.2, 0.25) is 0 Å². The van der Waals surface area contributed by atoms with Gasteiger partial charge in [-0.25, -0.2) is 0 Å². The van der Waals surface area contributed by atoms with Crippen molar-refractivity contribution in [3.05, 3.63) is 34.9 Å². The summed E-state index contributed by atoms with van der Waals surface area (Å²) in [5.41, 5.74) is 3.62. The molecule has 104 valence electrons. The van der Waals surface area contributed by atoms with E-state index in [1.54, 1.807) is 0 Å². The molecule has 0 bridgehead atoms. The molecule has 0 amide bonds. The van der Waals surface area contributed by atoms with Crippen LogP contribution in [0.4, 0.5) is 0 Å². The maximum Gasteiger partial charge on any atom is 0.321 e. The third-order valence-corrected chi connectivity index (χ3v) is 4.12. The van der Waals surface area contributed by atoms with Gasteiger partial charge < -0.3 is 5.11 Å². The first kappa shape index (κ1) is 14.1. The molecule has 2 rings (SSSR count). The number of hydrogen-bond donors (Lipinski definition) is 1. The maximum atomic E-state index is 11.5. The van der Waals surface area contributed by atoms with Crippen LogP contribution in [-0.2, 0) is 11.2 Å². The first-order chi connectivity index (χ1) is 9.08. The lowest BCUT2D eigenvalue weighted by molar-refractivity contribution is -0.143. The molecule has 0 unspecified atom stereocenters. The highest BCUT2D eigenvalue weighted by Crippen LogP contribution is 2.18. The minimum atomic E-state index is -0.694. The van der Waals surface area contributed by atoms with Gasteiger partial charge in [0, 0.05) is 0 Å². The summed E-state index contributed by atoms with van der Waals surface area (Å²) in [6.07, 6.45) is 4.08. The number of rotatable bonds is 4. The third kappa shape index (κ3) is 3.57. The lowest BCUT2D eigenvalue weighted by atomic mass is 9.98. The molecule has 0 spiro atoms. The molecule has 0 aromatic heterocycles. The summed E-state index contributed by atoms with van der Waals surface area (Å²) < 4.78 is 0. The van der Waals surface area contributed by atoms with E-state index in [-0.39, 0.29) is 6.04 Å². The Morgan fingerprint density at radius 2 is 1.89 bits per heavy atom. The molecule has 1 atom stereocenters. The summed E-state index contributed by atoms with van der Waals surface area (Å²) in [4.78, 5) is 13.6. The van der Waals surface area contributed by atoms with E-state index in [2.05, 4.69) is 36.9 Å². The number of nitrogens with zero attached hydrogens (tertiary/aromatic N) is 1. The molecule has 3 heteroatoms. The Labute approximate surface area is 115 Å². The number of aliphatic carboxylic acids is 1. The highest BCUT2D eigenvalue weighted by molar-refractivity contribution is 5.74. The molecule has 1 aliphatic heterocycles. The molecular formula is C16H23NO2. The summed E-state index contributed by atoms with van der Waals surface area (Å²) in [5, 5.41) is 9.47. The number of piperidine rings is 1. The second kappa shape index (κ2) is 6.20. The number of carboxylic acids is 1. The van der Waals surface area contributed by atoms with Crippen LogP contribution in [0.2, 0.25) is 0 Å². The Morgan fingerprint density at radius 1 is 1.21 bits per heavy atom. The molecule has 1 N–H and O–H groups in total. The van der Waals surface area contributed by atoms with Crippen molar-refractivity contribution in [3.63, 3.8) is 0 Å². The van der Waals surface area contributed by atoms with Gasteiger partial charge in [0.15, 0.2) is 0 Å². The van der Waals surface area contributed by atoms with E-state index in [4.69, 9.17) is 0 Å². The fourth-order valence-corrected chi connectivity index (χ4v) is 2.76. The summed E-state index contributed by atoms with van der Waals surface area (Å²) in [5.74, 6) is -0.694. The fourth-order valence-electron chi connectivity index (χ4n) is 2.76. The molecule has 1 aromatic rings. The standard InChI is InChI=1S/C16H23NO2/c1-12-6-7-14(10-13(12)2)11-15(16(18)19)17-8-4-3-5-9-17/h6-7,10,15H,3-5,8-9,11H2,1-2H3,(H,18,19)/t15-/m1/s1. The number of likely N-dealkylation sites (tertiary alicyclic amines) is 1. The molecule has 19 heavy (non-hydrogen) atoms. The Kier molecular flexibility index (Phi) is 4.59. The van der Waals surface area contributed by atoms with Crippen molar-refractivity contribution < 1.29 is 9.90 Å². The van der Waals surface area contributed by atoms with Gasteiger partial charge in [-0.15, -0.1) is 0 Å². The van der Waals surface area contributed by atoms with Crippen LogP contribution in [0, 0.1) is 13.8 Å². The molecule has 1 aromatic carbocycles. The summed E-state index contributed by atoms with van der Waals surface area (Å²) in [6.45, 7) is 6.00. The molecule has 0 saturated carbocycles. The Bertz CT molecular complexity index is 450. The van der Waals surface area contributed by atoms with E-state index in [1.807, 2.05) is 0 Å². The van der Waals surface area contributed by atoms with Crippen molar-refractivity contribution in [2.24, 2.45) is 0 Å². The van der Waals surface area contributed by atoms with Gasteiger partial charge in [-0.3, -0.25) is 9.69 Å². The monoisotopic (exact) mass is 261 g/mol. The van der Waals surface area contributed by atoms with Crippen LogP contribution < -0.4 is 0 Å². The van der Waals surface area contributed by atoms with Crippen LogP contribution in [0.25, 0.3) is 0 Å². The maximum absolute atomic E-state index is 11.5. The van der Waals surface area contributed by atoms with Crippen molar-refractivity contribution >= 4 is 5.97 Å². The van der Waals surface area contributed by atoms with Crippen LogP contribution in [-0.4, -0.2) is 35.1 Å². The number of aryl methyl sites for hydroxylation is 2. The van der Waals surface area contributed by atoms with Crippen LogP contribution >= 0.6 is 0 Å². The molecule has 1 heterocycles. The van der Waals surface area contributed by atoms with E-state index in [9.17, 15) is 9.90 Å². The molecule has 1 aliphatic rings. The molecular weight excluding hydrogens is 238 g/mol. The first-order valence-electron chi connectivity index (χ1n) is 7.11. The highest BCUT2D eigenvalue weighted by atomic mass is 16.4. The lowest BCUT2D eigenvalue weighted by Crippen LogP contribution is -2.45. The van der Waals surface area contributed by atoms with E-state index in [0.717, 1.165) is 31.5 Å². The predicted octanol–water partition coefficient (Wildman–Crippen LogP) is 2.79. The third-order valence-electron chi connectivity index (χ3n) is 4.12. The molecule has 0 radical (unpaired) electrons. The smallest absolute Gasteiger partial charge is 0.321 e. The lowest BCUT2D eigenvalue weighted by Gasteiger charge is -2.32. The molecule has 0 aliphatic carbocycles. The molecule has 3 nitrogen and oxygen atoms in total. The number of carbonyl (C=O) groups is 1. The number of benzene rings is 1. The predicted molar refractivity (Wildman–Crippen MR) is 76.5 cm³/mol. The SMILES string of the molecule is Cc1ccc(C[C@H](C(=O)O)N2CCCCC2)cc1C. The van der Waals surface area contributed by atoms with Crippen LogP contribution in [0.15, 0.2) is 18.2 Å². The average molecular weight is 261 g/mol. The van der Waals surface area contributed by atoms with Crippen molar-refractivity contribution in [2.45, 2.75) is 45.6 Å². The van der Waals surface area contributed by atoms with Crippen LogP contribution in [0.1, 0.15) is 36.0 Å². The minimum absolute atomic E-state index is 0.373. The van der Waals surface area contributed by atoms with Gasteiger partial charge >= 0.3 is 5.97 Å². The van der Waals surface area contributed by atoms with Crippen molar-refractivity contribution in [1.29, 1.82) is 0 Å². The number of hydrogen-bond acceptors (Lipinski definition) is 2. The van der Waals surface area contributed by atoms with Gasteiger partial charge in [0.05, 0.1) is 0 Å². The van der Waals surface area contributed by atoms with Crippen LogP contribution in [0.5, 0.6) is 0 Å². The van der Waals surface area contributed by atoms with Crippen molar-refractivity contribution in [3.8, 4) is 0 Å². The first-order valence-corrected chi connectivity index (χ1v) is 7.11. The summed E-state index contributed by atoms with van der Waals surface area (Å²) in [6, 6.07) is 5.89. The van der Waals surface area contributed by atoms with E-state index in [1.165, 1.54) is 17.5 Å². The average Bonchev–Trinajstić information content (AvgIpc) is 2.40. The van der Waals surface area contributed by atoms with Gasteiger partial charge in [0.1, 0.15) is 6.04 Å². The van der Waals surface area contributed by atoms with E-state index < -0.39 is 5.97 Å². The Hall–Kier alpha value is -1.35. The van der Waals surface area contributed by atoms with Crippen molar-refractivity contribution in [1.82, 2.24) is 4.90 Å². The van der Waals surface area contributed by atoms with Crippen LogP contribution in [0.3, 0.4) is 0 Å². The Morgan fingerprint density at radius 3 is 2.47 bits per heavy atom. The Balaban J connectivity index is 2.11. The largest absolute Gasteiger partial charge is 0.480 e. The summed E-state index contributed by atoms with van der Waals surface area (Å²) >= 11 is 0. The molecule has 1 saturated heterocycles. The zero-order chi connectivity index (χ0) is 13.8. The second-order valence-corrected chi connectivity index (χ2v) is 5.57. The second-order valence-electron chi connectivity index (χ2n) is 5.57. The normalized spacial score (nSPS) is 18.2. The zero-order valence-corrected chi connectivity index (χ0v) is 11.9. The van der Waals surface area contributed by atoms with E-state index >= 15 is 0 Å². The quantitative estimate of drug-likeness (QED) is 0.906. The topological polar surface area (TPSA) is 40.5 Å². The van der Waals surface area contributed by atoms with Crippen molar-refractivity contribution in [2.75, 3.05) is 13.1 Å². The number of carboxylic acid groups (broad SMARTS) is 1. The zero-order valence-electron chi connectivity index (χ0n) is 11.9. The van der Waals surface area contributed by atoms with Gasteiger partial charge in [0.25, 0.3) is 0 Å². The summed E-state index contributed by atoms with van der Waals surface area (Å²) in [7, 11) is 0. The highest BCUT2D eigenvalue weighted by Gasteiger charge is 2.26. The minimum Gasteiger partial charge on any atom is -0.480 e. The van der Waals surface area contributed by atoms with Gasteiger partial charge in [-0.1, -0.05) is 24.6 Å². The van der Waals surface area contributed by atoms with Gasteiger partial charge in [-0.05, 0) is 62.9 Å². The fraction of sp³-hybridized carbons (Fsp3) is 0.562. The van der Waals surface area contributed by atoms with Gasteiger partial charge in [-0.2, -0.15) is 0 Å².